The molecule has 0 amide bonds. The first kappa shape index (κ1) is 14.0. The SMILES string of the molecule is COCC1CCN(c2nc(NN)nc3ccccc23)CC1. The number of para-hydroxylation sites is 1. The number of hydrogen-bond acceptors (Lipinski definition) is 6. The van der Waals surface area contributed by atoms with Gasteiger partial charge in [0, 0.05) is 32.2 Å². The topological polar surface area (TPSA) is 76.3 Å². The highest BCUT2D eigenvalue weighted by atomic mass is 16.5. The van der Waals surface area contributed by atoms with E-state index in [1.54, 1.807) is 7.11 Å². The largest absolute Gasteiger partial charge is 0.384 e. The standard InChI is InChI=1S/C15H21N5O/c1-21-10-11-6-8-20(9-7-11)14-12-4-2-3-5-13(12)17-15(18-14)19-16/h2-5,11H,6-10,16H2,1H3,(H,17,18,19). The molecule has 1 aromatic carbocycles. The van der Waals surface area contributed by atoms with E-state index < -0.39 is 0 Å². The van der Waals surface area contributed by atoms with Crippen LogP contribution in [0.1, 0.15) is 12.8 Å². The number of hydrogen-bond donors (Lipinski definition) is 2. The molecule has 6 nitrogen and oxygen atoms in total. The fourth-order valence-electron chi connectivity index (χ4n) is 2.91. The molecule has 6 heteroatoms. The molecule has 112 valence electrons. The average Bonchev–Trinajstić information content (AvgIpc) is 2.55. The van der Waals surface area contributed by atoms with Gasteiger partial charge in [-0.1, -0.05) is 12.1 Å². The minimum atomic E-state index is 0.461. The van der Waals surface area contributed by atoms with E-state index in [1.807, 2.05) is 18.2 Å². The second-order valence-corrected chi connectivity index (χ2v) is 5.42. The maximum atomic E-state index is 5.49. The fraction of sp³-hybridized carbons (Fsp3) is 0.467. The molecule has 0 saturated carbocycles. The number of piperidine rings is 1. The van der Waals surface area contributed by atoms with E-state index in [4.69, 9.17) is 10.6 Å². The second kappa shape index (κ2) is 6.24. The van der Waals surface area contributed by atoms with E-state index in [9.17, 15) is 0 Å². The van der Waals surface area contributed by atoms with Crippen molar-refractivity contribution in [1.29, 1.82) is 0 Å². The number of hydrazine groups is 1. The zero-order valence-electron chi connectivity index (χ0n) is 12.2. The Morgan fingerprint density at radius 1 is 1.29 bits per heavy atom. The molecule has 0 radical (unpaired) electrons. The Balaban J connectivity index is 1.89. The van der Waals surface area contributed by atoms with Gasteiger partial charge in [0.2, 0.25) is 5.95 Å². The number of benzene rings is 1. The normalized spacial score (nSPS) is 16.4. The maximum Gasteiger partial charge on any atom is 0.239 e. The first-order valence-electron chi connectivity index (χ1n) is 7.29. The van der Waals surface area contributed by atoms with Crippen molar-refractivity contribution >= 4 is 22.7 Å². The van der Waals surface area contributed by atoms with Crippen molar-refractivity contribution in [2.75, 3.05) is 37.1 Å². The van der Waals surface area contributed by atoms with Gasteiger partial charge in [-0.15, -0.1) is 0 Å². The van der Waals surface area contributed by atoms with Crippen LogP contribution in [-0.4, -0.2) is 36.8 Å². The summed E-state index contributed by atoms with van der Waals surface area (Å²) in [7, 11) is 1.77. The number of nitrogens with two attached hydrogens (primary N) is 1. The lowest BCUT2D eigenvalue weighted by Gasteiger charge is -2.33. The first-order chi connectivity index (χ1) is 10.3. The van der Waals surface area contributed by atoms with E-state index in [-0.39, 0.29) is 0 Å². The lowest BCUT2D eigenvalue weighted by molar-refractivity contribution is 0.139. The van der Waals surface area contributed by atoms with Crippen molar-refractivity contribution in [2.24, 2.45) is 11.8 Å². The number of ether oxygens (including phenoxy) is 1. The summed E-state index contributed by atoms with van der Waals surface area (Å²) in [5, 5.41) is 1.07. The van der Waals surface area contributed by atoms with Crippen LogP contribution in [0.2, 0.25) is 0 Å². The van der Waals surface area contributed by atoms with Crippen LogP contribution in [0.25, 0.3) is 10.9 Å². The number of nitrogens with one attached hydrogen (secondary N) is 1. The first-order valence-corrected chi connectivity index (χ1v) is 7.29. The number of methoxy groups -OCH3 is 1. The van der Waals surface area contributed by atoms with Crippen LogP contribution < -0.4 is 16.2 Å². The molecule has 0 aliphatic carbocycles. The van der Waals surface area contributed by atoms with Crippen molar-refractivity contribution in [1.82, 2.24) is 9.97 Å². The van der Waals surface area contributed by atoms with Crippen molar-refractivity contribution < 1.29 is 4.74 Å². The van der Waals surface area contributed by atoms with Crippen LogP contribution in [-0.2, 0) is 4.74 Å². The number of nitrogens with zero attached hydrogens (tertiary/aromatic N) is 3. The molecule has 0 bridgehead atoms. The molecule has 2 aromatic rings. The van der Waals surface area contributed by atoms with E-state index in [2.05, 4.69) is 26.4 Å². The van der Waals surface area contributed by atoms with Crippen LogP contribution >= 0.6 is 0 Å². The van der Waals surface area contributed by atoms with Gasteiger partial charge >= 0.3 is 0 Å². The number of fused-ring (bicyclic) bond motifs is 1. The van der Waals surface area contributed by atoms with Gasteiger partial charge in [0.25, 0.3) is 0 Å². The highest BCUT2D eigenvalue weighted by molar-refractivity contribution is 5.90. The van der Waals surface area contributed by atoms with Crippen molar-refractivity contribution in [3.8, 4) is 0 Å². The average molecular weight is 287 g/mol. The van der Waals surface area contributed by atoms with Crippen molar-refractivity contribution in [3.63, 3.8) is 0 Å². The Hall–Kier alpha value is -1.92. The zero-order valence-corrected chi connectivity index (χ0v) is 12.2. The molecule has 3 rings (SSSR count). The Labute approximate surface area is 124 Å². The highest BCUT2D eigenvalue weighted by Gasteiger charge is 2.22. The van der Waals surface area contributed by atoms with E-state index in [1.165, 1.54) is 0 Å². The summed E-state index contributed by atoms with van der Waals surface area (Å²) in [6.45, 7) is 2.81. The van der Waals surface area contributed by atoms with Crippen LogP contribution in [0, 0.1) is 5.92 Å². The van der Waals surface area contributed by atoms with Crippen LogP contribution in [0.4, 0.5) is 11.8 Å². The summed E-state index contributed by atoms with van der Waals surface area (Å²) < 4.78 is 5.26. The summed E-state index contributed by atoms with van der Waals surface area (Å²) >= 11 is 0. The van der Waals surface area contributed by atoms with Gasteiger partial charge in [0.15, 0.2) is 0 Å². The summed E-state index contributed by atoms with van der Waals surface area (Å²) in [6, 6.07) is 8.04. The molecule has 1 fully saturated rings. The molecule has 1 aromatic heterocycles. The van der Waals surface area contributed by atoms with Gasteiger partial charge in [0.1, 0.15) is 5.82 Å². The minimum Gasteiger partial charge on any atom is -0.384 e. The number of rotatable bonds is 4. The lowest BCUT2D eigenvalue weighted by atomic mass is 9.97. The third-order valence-corrected chi connectivity index (χ3v) is 4.03. The Morgan fingerprint density at radius 3 is 2.76 bits per heavy atom. The monoisotopic (exact) mass is 287 g/mol. The van der Waals surface area contributed by atoms with Crippen molar-refractivity contribution in [3.05, 3.63) is 24.3 Å². The predicted molar refractivity (Wildman–Crippen MR) is 84.2 cm³/mol. The third kappa shape index (κ3) is 2.91. The summed E-state index contributed by atoms with van der Waals surface area (Å²) in [5.74, 6) is 7.56. The zero-order chi connectivity index (χ0) is 14.7. The van der Waals surface area contributed by atoms with Gasteiger partial charge < -0.3 is 9.64 Å². The molecular formula is C15H21N5O. The lowest BCUT2D eigenvalue weighted by Crippen LogP contribution is -2.35. The van der Waals surface area contributed by atoms with Crippen LogP contribution in [0.15, 0.2) is 24.3 Å². The molecule has 21 heavy (non-hydrogen) atoms. The number of aromatic nitrogens is 2. The molecule has 0 spiro atoms. The maximum absolute atomic E-state index is 5.49. The summed E-state index contributed by atoms with van der Waals surface area (Å²) in [5.41, 5.74) is 3.47. The van der Waals surface area contributed by atoms with Gasteiger partial charge in [-0.25, -0.2) is 10.8 Å². The van der Waals surface area contributed by atoms with Crippen molar-refractivity contribution in [2.45, 2.75) is 12.8 Å². The summed E-state index contributed by atoms with van der Waals surface area (Å²) in [4.78, 5) is 11.3. The van der Waals surface area contributed by atoms with E-state index in [0.717, 1.165) is 49.3 Å². The second-order valence-electron chi connectivity index (χ2n) is 5.42. The Kier molecular flexibility index (Phi) is 4.17. The number of anilines is 2. The van der Waals surface area contributed by atoms with Gasteiger partial charge in [-0.05, 0) is 30.9 Å². The third-order valence-electron chi connectivity index (χ3n) is 4.03. The predicted octanol–water partition coefficient (Wildman–Crippen LogP) is 1.78. The Morgan fingerprint density at radius 2 is 2.05 bits per heavy atom. The molecule has 1 saturated heterocycles. The Bertz CT molecular complexity index is 610. The molecule has 1 aliphatic rings. The molecule has 2 heterocycles. The van der Waals surface area contributed by atoms with E-state index >= 15 is 0 Å². The summed E-state index contributed by atoms with van der Waals surface area (Å²) in [6.07, 6.45) is 2.25. The molecule has 1 aliphatic heterocycles. The molecule has 0 atom stereocenters. The molecule has 0 unspecified atom stereocenters. The van der Waals surface area contributed by atoms with E-state index in [0.29, 0.717) is 11.9 Å². The van der Waals surface area contributed by atoms with Crippen LogP contribution in [0.3, 0.4) is 0 Å². The smallest absolute Gasteiger partial charge is 0.239 e. The molecule has 3 N–H and O–H groups in total. The molecular weight excluding hydrogens is 266 g/mol. The number of nitrogen functional groups attached to an aromatic ring is 1. The minimum absolute atomic E-state index is 0.461. The van der Waals surface area contributed by atoms with Gasteiger partial charge in [-0.2, -0.15) is 4.98 Å². The van der Waals surface area contributed by atoms with Crippen LogP contribution in [0.5, 0.6) is 0 Å². The van der Waals surface area contributed by atoms with Gasteiger partial charge in [0.05, 0.1) is 5.52 Å². The van der Waals surface area contributed by atoms with Gasteiger partial charge in [-0.3, -0.25) is 5.43 Å². The fourth-order valence-corrected chi connectivity index (χ4v) is 2.91. The quantitative estimate of drug-likeness (QED) is 0.659. The highest BCUT2D eigenvalue weighted by Crippen LogP contribution is 2.28.